The third-order valence-electron chi connectivity index (χ3n) is 4.42. The summed E-state index contributed by atoms with van der Waals surface area (Å²) in [6, 6.07) is 4.96. The lowest BCUT2D eigenvalue weighted by Gasteiger charge is -2.13. The van der Waals surface area contributed by atoms with Crippen molar-refractivity contribution in [2.24, 2.45) is 0 Å². The van der Waals surface area contributed by atoms with Crippen LogP contribution in [0.15, 0.2) is 18.2 Å². The fourth-order valence-corrected chi connectivity index (χ4v) is 4.46. The molecule has 0 fully saturated rings. The van der Waals surface area contributed by atoms with E-state index < -0.39 is 17.9 Å². The zero-order chi connectivity index (χ0) is 20.3. The van der Waals surface area contributed by atoms with Crippen LogP contribution in [-0.2, 0) is 17.6 Å². The molecule has 0 spiro atoms. The Kier molecular flexibility index (Phi) is 5.84. The maximum atomic E-state index is 12.9. The first-order valence-corrected chi connectivity index (χ1v) is 9.38. The molecule has 0 aliphatic heterocycles. The molecule has 0 saturated heterocycles. The third-order valence-corrected chi connectivity index (χ3v) is 5.63. The SMILES string of the molecule is COC(=O)NC(=O)c1c(NC(=O)c2cccc(OC)c2OC)sc2c1CCC2. The maximum absolute atomic E-state index is 12.9. The second-order valence-electron chi connectivity index (χ2n) is 6.00. The number of methoxy groups -OCH3 is 3. The first-order chi connectivity index (χ1) is 13.5. The van der Waals surface area contributed by atoms with Gasteiger partial charge in [-0.3, -0.25) is 14.9 Å². The Hall–Kier alpha value is -3.07. The van der Waals surface area contributed by atoms with E-state index in [9.17, 15) is 14.4 Å². The molecular weight excluding hydrogens is 384 g/mol. The summed E-state index contributed by atoms with van der Waals surface area (Å²) < 4.78 is 15.0. The van der Waals surface area contributed by atoms with E-state index in [1.165, 1.54) is 32.7 Å². The van der Waals surface area contributed by atoms with Crippen molar-refractivity contribution < 1.29 is 28.6 Å². The Morgan fingerprint density at radius 1 is 1.04 bits per heavy atom. The summed E-state index contributed by atoms with van der Waals surface area (Å²) in [5.41, 5.74) is 1.44. The van der Waals surface area contributed by atoms with Gasteiger partial charge in [0.05, 0.1) is 32.5 Å². The number of carbonyl (C=O) groups is 3. The van der Waals surface area contributed by atoms with Gasteiger partial charge in [0.2, 0.25) is 0 Å². The standard InChI is InChI=1S/C19H20N2O6S/c1-25-12-8-4-7-11(15(12)26-2)16(22)20-18-14(17(23)21-19(24)27-3)10-6-5-9-13(10)28-18/h4,7-8H,5-6,9H2,1-3H3,(H,20,22)(H,21,23,24). The van der Waals surface area contributed by atoms with Crippen LogP contribution in [0.5, 0.6) is 11.5 Å². The summed E-state index contributed by atoms with van der Waals surface area (Å²) in [7, 11) is 4.11. The number of amides is 3. The summed E-state index contributed by atoms with van der Waals surface area (Å²) in [5, 5.41) is 5.34. The van der Waals surface area contributed by atoms with Crippen LogP contribution in [0.25, 0.3) is 0 Å². The smallest absolute Gasteiger partial charge is 0.413 e. The second kappa shape index (κ2) is 8.30. The molecule has 28 heavy (non-hydrogen) atoms. The van der Waals surface area contributed by atoms with Crippen LogP contribution in [0.2, 0.25) is 0 Å². The molecule has 1 aliphatic carbocycles. The van der Waals surface area contributed by atoms with E-state index in [-0.39, 0.29) is 5.56 Å². The fraction of sp³-hybridized carbons (Fsp3) is 0.316. The Balaban J connectivity index is 1.94. The number of para-hydroxylation sites is 1. The number of imide groups is 1. The zero-order valence-corrected chi connectivity index (χ0v) is 16.5. The lowest BCUT2D eigenvalue weighted by molar-refractivity contribution is 0.0937. The summed E-state index contributed by atoms with van der Waals surface area (Å²) in [6.07, 6.45) is 1.62. The number of nitrogens with one attached hydrogen (secondary N) is 2. The monoisotopic (exact) mass is 404 g/mol. The van der Waals surface area contributed by atoms with Crippen LogP contribution in [0.4, 0.5) is 9.80 Å². The van der Waals surface area contributed by atoms with Gasteiger partial charge in [0.15, 0.2) is 11.5 Å². The molecule has 1 aliphatic rings. The van der Waals surface area contributed by atoms with E-state index in [0.29, 0.717) is 28.5 Å². The molecule has 2 N–H and O–H groups in total. The van der Waals surface area contributed by atoms with Gasteiger partial charge in [-0.25, -0.2) is 4.79 Å². The predicted molar refractivity (Wildman–Crippen MR) is 104 cm³/mol. The quantitative estimate of drug-likeness (QED) is 0.794. The van der Waals surface area contributed by atoms with E-state index in [0.717, 1.165) is 23.3 Å². The van der Waals surface area contributed by atoms with E-state index in [1.54, 1.807) is 18.2 Å². The lowest BCUT2D eigenvalue weighted by atomic mass is 10.1. The highest BCUT2D eigenvalue weighted by molar-refractivity contribution is 7.17. The van der Waals surface area contributed by atoms with Crippen molar-refractivity contribution in [2.45, 2.75) is 19.3 Å². The molecule has 0 atom stereocenters. The molecule has 1 aromatic carbocycles. The predicted octanol–water partition coefficient (Wildman–Crippen LogP) is 3.00. The molecule has 0 bridgehead atoms. The summed E-state index contributed by atoms with van der Waals surface area (Å²) in [4.78, 5) is 38.0. The Bertz CT molecular complexity index is 937. The molecule has 1 aromatic heterocycles. The van der Waals surface area contributed by atoms with Crippen LogP contribution in [0.1, 0.15) is 37.6 Å². The van der Waals surface area contributed by atoms with Crippen molar-refractivity contribution in [2.75, 3.05) is 26.6 Å². The van der Waals surface area contributed by atoms with Crippen LogP contribution < -0.4 is 20.1 Å². The molecule has 3 rings (SSSR count). The number of fused-ring (bicyclic) bond motifs is 1. The third kappa shape index (κ3) is 3.65. The number of anilines is 1. The van der Waals surface area contributed by atoms with Gasteiger partial charge in [0, 0.05) is 4.88 Å². The minimum Gasteiger partial charge on any atom is -0.493 e. The molecule has 2 aromatic rings. The van der Waals surface area contributed by atoms with Crippen molar-refractivity contribution in [3.05, 3.63) is 39.8 Å². The molecule has 0 radical (unpaired) electrons. The molecule has 1 heterocycles. The highest BCUT2D eigenvalue weighted by Crippen LogP contribution is 2.40. The van der Waals surface area contributed by atoms with Crippen LogP contribution >= 0.6 is 11.3 Å². The number of hydrogen-bond acceptors (Lipinski definition) is 7. The van der Waals surface area contributed by atoms with Gasteiger partial charge in [-0.15, -0.1) is 11.3 Å². The summed E-state index contributed by atoms with van der Waals surface area (Å²) in [6.45, 7) is 0. The largest absolute Gasteiger partial charge is 0.493 e. The molecule has 8 nitrogen and oxygen atoms in total. The minimum atomic E-state index is -0.852. The van der Waals surface area contributed by atoms with Crippen molar-refractivity contribution >= 4 is 34.2 Å². The van der Waals surface area contributed by atoms with Gasteiger partial charge in [0.25, 0.3) is 11.8 Å². The number of alkyl carbamates (subject to hydrolysis) is 1. The van der Waals surface area contributed by atoms with E-state index >= 15 is 0 Å². The van der Waals surface area contributed by atoms with E-state index in [1.807, 2.05) is 0 Å². The number of carbonyl (C=O) groups excluding carboxylic acids is 3. The first-order valence-electron chi connectivity index (χ1n) is 8.56. The Morgan fingerprint density at radius 3 is 2.50 bits per heavy atom. The van der Waals surface area contributed by atoms with Gasteiger partial charge in [-0.2, -0.15) is 0 Å². The highest BCUT2D eigenvalue weighted by Gasteiger charge is 2.29. The average molecular weight is 404 g/mol. The number of benzene rings is 1. The van der Waals surface area contributed by atoms with Gasteiger partial charge < -0.3 is 19.5 Å². The zero-order valence-electron chi connectivity index (χ0n) is 15.7. The fourth-order valence-electron chi connectivity index (χ4n) is 3.18. The normalized spacial score (nSPS) is 12.1. The molecule has 0 saturated carbocycles. The van der Waals surface area contributed by atoms with E-state index in [4.69, 9.17) is 9.47 Å². The molecule has 0 unspecified atom stereocenters. The van der Waals surface area contributed by atoms with Crippen molar-refractivity contribution in [1.29, 1.82) is 0 Å². The number of aryl methyl sites for hydroxylation is 1. The van der Waals surface area contributed by atoms with Crippen LogP contribution in [0, 0.1) is 0 Å². The van der Waals surface area contributed by atoms with Crippen molar-refractivity contribution in [3.8, 4) is 11.5 Å². The number of hydrogen-bond donors (Lipinski definition) is 2. The second-order valence-corrected chi connectivity index (χ2v) is 7.11. The van der Waals surface area contributed by atoms with Crippen LogP contribution in [0.3, 0.4) is 0 Å². The topological polar surface area (TPSA) is 103 Å². The van der Waals surface area contributed by atoms with E-state index in [2.05, 4.69) is 15.4 Å². The Morgan fingerprint density at radius 2 is 1.82 bits per heavy atom. The van der Waals surface area contributed by atoms with Gasteiger partial charge >= 0.3 is 6.09 Å². The number of ether oxygens (including phenoxy) is 3. The van der Waals surface area contributed by atoms with Crippen molar-refractivity contribution in [1.82, 2.24) is 5.32 Å². The first kappa shape index (κ1) is 19.7. The summed E-state index contributed by atoms with van der Waals surface area (Å²) >= 11 is 1.34. The number of thiophene rings is 1. The Labute approximate surface area is 165 Å². The van der Waals surface area contributed by atoms with Crippen LogP contribution in [-0.4, -0.2) is 39.2 Å². The van der Waals surface area contributed by atoms with Gasteiger partial charge in [-0.05, 0) is 37.0 Å². The van der Waals surface area contributed by atoms with Gasteiger partial charge in [0.1, 0.15) is 5.00 Å². The lowest BCUT2D eigenvalue weighted by Crippen LogP contribution is -2.31. The molecule has 3 amide bonds. The number of rotatable bonds is 5. The molecule has 9 heteroatoms. The van der Waals surface area contributed by atoms with Crippen molar-refractivity contribution in [3.63, 3.8) is 0 Å². The van der Waals surface area contributed by atoms with Gasteiger partial charge in [-0.1, -0.05) is 6.07 Å². The average Bonchev–Trinajstić information content (AvgIpc) is 3.27. The molecular formula is C19H20N2O6S. The summed E-state index contributed by atoms with van der Waals surface area (Å²) in [5.74, 6) is -0.318. The molecule has 148 valence electrons. The maximum Gasteiger partial charge on any atom is 0.413 e. The minimum absolute atomic E-state index is 0.273. The highest BCUT2D eigenvalue weighted by atomic mass is 32.1.